The maximum Gasteiger partial charge on any atom is 0.229 e. The fourth-order valence-electron chi connectivity index (χ4n) is 0.975. The Balaban J connectivity index is 2.18. The van der Waals surface area contributed by atoms with Gasteiger partial charge in [-0.3, -0.25) is 4.79 Å². The lowest BCUT2D eigenvalue weighted by molar-refractivity contribution is -0.118. The highest BCUT2D eigenvalue weighted by molar-refractivity contribution is 8.00. The van der Waals surface area contributed by atoms with Crippen molar-refractivity contribution in [3.63, 3.8) is 0 Å². The third-order valence-corrected chi connectivity index (χ3v) is 3.04. The van der Waals surface area contributed by atoms with Crippen LogP contribution in [0.4, 0.5) is 0 Å². The molecule has 0 aromatic rings. The first-order valence-electron chi connectivity index (χ1n) is 3.86. The first kappa shape index (κ1) is 9.83. The van der Waals surface area contributed by atoms with E-state index in [4.69, 9.17) is 4.74 Å². The molecule has 1 rings (SSSR count). The molecule has 4 nitrogen and oxygen atoms in total. The largest absolute Gasteiger partial charge is 0.367 e. The van der Waals surface area contributed by atoms with Crippen molar-refractivity contribution >= 4 is 17.7 Å². The van der Waals surface area contributed by atoms with Crippen LogP contribution in [0.25, 0.3) is 0 Å². The van der Waals surface area contributed by atoms with E-state index in [1.165, 1.54) is 11.8 Å². The molecule has 5 heteroatoms. The Hall–Kier alpha value is -0.260. The van der Waals surface area contributed by atoms with Gasteiger partial charge in [0.15, 0.2) is 6.29 Å². The Kier molecular flexibility index (Phi) is 3.84. The van der Waals surface area contributed by atoms with Gasteiger partial charge in [-0.2, -0.15) is 0 Å². The molecule has 2 atom stereocenters. The minimum Gasteiger partial charge on any atom is -0.367 e. The van der Waals surface area contributed by atoms with Crippen LogP contribution < -0.4 is 5.32 Å². The third-order valence-electron chi connectivity index (χ3n) is 1.72. The second kappa shape index (κ2) is 4.69. The minimum atomic E-state index is -0.695. The van der Waals surface area contributed by atoms with Crippen LogP contribution in [0, 0.1) is 0 Å². The molecule has 1 heterocycles. The highest BCUT2D eigenvalue weighted by Gasteiger charge is 2.26. The molecule has 0 aromatic carbocycles. The maximum absolute atomic E-state index is 10.8. The van der Waals surface area contributed by atoms with Crippen molar-refractivity contribution in [2.24, 2.45) is 0 Å². The number of ether oxygens (including phenoxy) is 1. The van der Waals surface area contributed by atoms with E-state index in [-0.39, 0.29) is 11.2 Å². The molecule has 0 saturated carbocycles. The zero-order valence-electron chi connectivity index (χ0n) is 6.95. The number of hydrogen-bond donors (Lipinski definition) is 2. The summed E-state index contributed by atoms with van der Waals surface area (Å²) in [6, 6.07) is 0. The van der Waals surface area contributed by atoms with E-state index >= 15 is 0 Å². The summed E-state index contributed by atoms with van der Waals surface area (Å²) in [6.45, 7) is 0.590. The maximum atomic E-state index is 10.8. The Morgan fingerprint density at radius 1 is 1.83 bits per heavy atom. The van der Waals surface area contributed by atoms with Crippen molar-refractivity contribution in [1.82, 2.24) is 5.32 Å². The van der Waals surface area contributed by atoms with Gasteiger partial charge in [0.2, 0.25) is 5.91 Å². The lowest BCUT2D eigenvalue weighted by atomic mass is 10.3. The summed E-state index contributed by atoms with van der Waals surface area (Å²) >= 11 is 1.44. The molecule has 0 bridgehead atoms. The lowest BCUT2D eigenvalue weighted by Gasteiger charge is -2.11. The SMILES string of the molecule is CNC(=O)CSC1CCOC1O. The predicted octanol–water partition coefficient (Wildman–Crippen LogP) is -0.427. The Morgan fingerprint density at radius 2 is 2.58 bits per heavy atom. The number of thioether (sulfide) groups is 1. The standard InChI is InChI=1S/C7H13NO3S/c1-8-6(9)4-12-5-2-3-11-7(5)10/h5,7,10H,2-4H2,1H3,(H,8,9). The molecule has 12 heavy (non-hydrogen) atoms. The van der Waals surface area contributed by atoms with Gasteiger partial charge in [0.1, 0.15) is 0 Å². The summed E-state index contributed by atoms with van der Waals surface area (Å²) in [5.74, 6) is 0.376. The van der Waals surface area contributed by atoms with Gasteiger partial charge in [-0.1, -0.05) is 0 Å². The number of carbonyl (C=O) groups excluding carboxylic acids is 1. The first-order chi connectivity index (χ1) is 5.74. The van der Waals surface area contributed by atoms with Gasteiger partial charge in [-0.15, -0.1) is 11.8 Å². The summed E-state index contributed by atoms with van der Waals surface area (Å²) in [5.41, 5.74) is 0. The second-order valence-electron chi connectivity index (χ2n) is 2.57. The number of nitrogens with one attached hydrogen (secondary N) is 1. The molecule has 0 aliphatic carbocycles. The minimum absolute atomic E-state index is 0.0147. The van der Waals surface area contributed by atoms with Crippen molar-refractivity contribution in [2.45, 2.75) is 18.0 Å². The van der Waals surface area contributed by atoms with Crippen LogP contribution in [0.5, 0.6) is 0 Å². The molecule has 2 N–H and O–H groups in total. The summed E-state index contributed by atoms with van der Waals surface area (Å²) in [7, 11) is 1.60. The molecule has 1 aliphatic rings. The summed E-state index contributed by atoms with van der Waals surface area (Å²) in [5, 5.41) is 11.8. The number of rotatable bonds is 3. The Morgan fingerprint density at radius 3 is 3.08 bits per heavy atom. The molecule has 70 valence electrons. The molecule has 0 spiro atoms. The fraction of sp³-hybridized carbons (Fsp3) is 0.857. The average molecular weight is 191 g/mol. The Labute approximate surface area is 75.7 Å². The van der Waals surface area contributed by atoms with Crippen LogP contribution in [0.1, 0.15) is 6.42 Å². The van der Waals surface area contributed by atoms with Crippen LogP contribution in [0.3, 0.4) is 0 Å². The van der Waals surface area contributed by atoms with Crippen LogP contribution >= 0.6 is 11.8 Å². The van der Waals surface area contributed by atoms with Gasteiger partial charge >= 0.3 is 0 Å². The van der Waals surface area contributed by atoms with E-state index in [1.54, 1.807) is 7.05 Å². The monoisotopic (exact) mass is 191 g/mol. The Bertz CT molecular complexity index is 165. The van der Waals surface area contributed by atoms with Crippen molar-refractivity contribution < 1.29 is 14.6 Å². The number of aliphatic hydroxyl groups excluding tert-OH is 1. The quantitative estimate of drug-likeness (QED) is 0.635. The molecule has 0 aromatic heterocycles. The van der Waals surface area contributed by atoms with Crippen molar-refractivity contribution in [1.29, 1.82) is 0 Å². The number of amides is 1. The van der Waals surface area contributed by atoms with Gasteiger partial charge in [0, 0.05) is 7.05 Å². The van der Waals surface area contributed by atoms with Gasteiger partial charge in [0.05, 0.1) is 17.6 Å². The van der Waals surface area contributed by atoms with Gasteiger partial charge < -0.3 is 15.2 Å². The third kappa shape index (κ3) is 2.66. The molecule has 1 amide bonds. The normalized spacial score (nSPS) is 28.8. The van der Waals surface area contributed by atoms with Crippen molar-refractivity contribution in [2.75, 3.05) is 19.4 Å². The summed E-state index contributed by atoms with van der Waals surface area (Å²) < 4.78 is 4.93. The molecule has 1 saturated heterocycles. The van der Waals surface area contributed by atoms with Crippen LogP contribution in [-0.4, -0.2) is 42.0 Å². The lowest BCUT2D eigenvalue weighted by Crippen LogP contribution is -2.24. The highest BCUT2D eigenvalue weighted by atomic mass is 32.2. The van der Waals surface area contributed by atoms with Crippen LogP contribution in [-0.2, 0) is 9.53 Å². The van der Waals surface area contributed by atoms with E-state index in [0.717, 1.165) is 6.42 Å². The molecule has 0 radical (unpaired) electrons. The molecule has 1 aliphatic heterocycles. The molecular formula is C7H13NO3S. The number of carbonyl (C=O) groups is 1. The van der Waals surface area contributed by atoms with Gasteiger partial charge in [0.25, 0.3) is 0 Å². The first-order valence-corrected chi connectivity index (χ1v) is 4.90. The van der Waals surface area contributed by atoms with Gasteiger partial charge in [-0.05, 0) is 6.42 Å². The topological polar surface area (TPSA) is 58.6 Å². The van der Waals surface area contributed by atoms with Crippen molar-refractivity contribution in [3.05, 3.63) is 0 Å². The molecule has 2 unspecified atom stereocenters. The van der Waals surface area contributed by atoms with E-state index in [0.29, 0.717) is 12.4 Å². The predicted molar refractivity (Wildman–Crippen MR) is 46.9 cm³/mol. The second-order valence-corrected chi connectivity index (χ2v) is 3.80. The number of aliphatic hydroxyl groups is 1. The van der Waals surface area contributed by atoms with E-state index in [9.17, 15) is 9.90 Å². The van der Waals surface area contributed by atoms with E-state index in [2.05, 4.69) is 5.32 Å². The van der Waals surface area contributed by atoms with E-state index in [1.807, 2.05) is 0 Å². The molecular weight excluding hydrogens is 178 g/mol. The molecule has 1 fully saturated rings. The van der Waals surface area contributed by atoms with Crippen LogP contribution in [0.2, 0.25) is 0 Å². The number of hydrogen-bond acceptors (Lipinski definition) is 4. The fourth-order valence-corrected chi connectivity index (χ4v) is 1.99. The van der Waals surface area contributed by atoms with E-state index < -0.39 is 6.29 Å². The smallest absolute Gasteiger partial charge is 0.229 e. The summed E-state index contributed by atoms with van der Waals surface area (Å²) in [4.78, 5) is 10.8. The van der Waals surface area contributed by atoms with Crippen LogP contribution in [0.15, 0.2) is 0 Å². The highest BCUT2D eigenvalue weighted by Crippen LogP contribution is 2.24. The van der Waals surface area contributed by atoms with Gasteiger partial charge in [-0.25, -0.2) is 0 Å². The summed E-state index contributed by atoms with van der Waals surface area (Å²) in [6.07, 6.45) is 0.127. The zero-order valence-corrected chi connectivity index (χ0v) is 7.76. The average Bonchev–Trinajstić information content (AvgIpc) is 2.47. The van der Waals surface area contributed by atoms with Crippen molar-refractivity contribution in [3.8, 4) is 0 Å². The zero-order chi connectivity index (χ0) is 8.97.